The van der Waals surface area contributed by atoms with E-state index >= 15 is 0 Å². The van der Waals surface area contributed by atoms with Crippen LogP contribution in [0.25, 0.3) is 0 Å². The summed E-state index contributed by atoms with van der Waals surface area (Å²) >= 11 is 0. The van der Waals surface area contributed by atoms with Crippen molar-refractivity contribution in [1.82, 2.24) is 0 Å². The molecule has 0 aliphatic carbocycles. The van der Waals surface area contributed by atoms with Gasteiger partial charge in [-0.2, -0.15) is 4.39 Å². The molecule has 0 fully saturated rings. The van der Waals surface area contributed by atoms with Crippen LogP contribution >= 0.6 is 0 Å². The summed E-state index contributed by atoms with van der Waals surface area (Å²) in [5.74, 6) is -1.02. The van der Waals surface area contributed by atoms with E-state index in [1.807, 2.05) is 6.92 Å². The Balaban J connectivity index is 2.91. The summed E-state index contributed by atoms with van der Waals surface area (Å²) < 4.78 is 24.0. The van der Waals surface area contributed by atoms with Gasteiger partial charge in [0, 0.05) is 6.07 Å². The molecule has 0 bridgehead atoms. The molecule has 0 spiro atoms. The van der Waals surface area contributed by atoms with E-state index in [0.717, 1.165) is 25.3 Å². The lowest BCUT2D eigenvalue weighted by Gasteiger charge is -2.11. The van der Waals surface area contributed by atoms with Crippen LogP contribution in [-0.4, -0.2) is 18.6 Å². The van der Waals surface area contributed by atoms with E-state index in [1.54, 1.807) is 0 Å². The Bertz CT molecular complexity index is 423. The monoisotopic (exact) mass is 257 g/mol. The molecule has 0 saturated heterocycles. The first-order chi connectivity index (χ1) is 8.61. The summed E-state index contributed by atoms with van der Waals surface area (Å²) in [6.45, 7) is 2.34. The summed E-state index contributed by atoms with van der Waals surface area (Å²) in [5, 5.41) is 10.6. The van der Waals surface area contributed by atoms with Gasteiger partial charge in [-0.25, -0.2) is 0 Å². The zero-order valence-electron chi connectivity index (χ0n) is 10.4. The molecule has 0 amide bonds. The van der Waals surface area contributed by atoms with E-state index in [-0.39, 0.29) is 11.5 Å². The van der Waals surface area contributed by atoms with Gasteiger partial charge in [-0.3, -0.25) is 10.1 Å². The Labute approximate surface area is 105 Å². The zero-order chi connectivity index (χ0) is 13.5. The molecule has 0 radical (unpaired) electrons. The maximum Gasteiger partial charge on any atom is 0.308 e. The highest BCUT2D eigenvalue weighted by Gasteiger charge is 2.22. The highest BCUT2D eigenvalue weighted by atomic mass is 19.1. The van der Waals surface area contributed by atoms with Crippen LogP contribution in [0.3, 0.4) is 0 Å². The van der Waals surface area contributed by atoms with Gasteiger partial charge in [0.2, 0.25) is 11.6 Å². The quantitative estimate of drug-likeness (QED) is 0.427. The topological polar surface area (TPSA) is 61.6 Å². The minimum absolute atomic E-state index is 0.162. The number of nitro groups is 1. The maximum absolute atomic E-state index is 13.8. The van der Waals surface area contributed by atoms with Gasteiger partial charge in [0.25, 0.3) is 0 Å². The zero-order valence-corrected chi connectivity index (χ0v) is 10.4. The molecule has 0 aliphatic heterocycles. The van der Waals surface area contributed by atoms with Gasteiger partial charge in [0.05, 0.1) is 18.6 Å². The van der Waals surface area contributed by atoms with Gasteiger partial charge in [-0.1, -0.05) is 19.8 Å². The number of ether oxygens (including phenoxy) is 2. The smallest absolute Gasteiger partial charge is 0.308 e. The summed E-state index contributed by atoms with van der Waals surface area (Å²) in [5.41, 5.74) is -0.610. The minimum Gasteiger partial charge on any atom is -0.493 e. The van der Waals surface area contributed by atoms with Gasteiger partial charge < -0.3 is 9.47 Å². The number of hydrogen-bond donors (Lipinski definition) is 0. The van der Waals surface area contributed by atoms with Crippen LogP contribution in [0, 0.1) is 15.9 Å². The van der Waals surface area contributed by atoms with Gasteiger partial charge in [-0.05, 0) is 12.5 Å². The van der Waals surface area contributed by atoms with Crippen molar-refractivity contribution >= 4 is 5.69 Å². The average Bonchev–Trinajstić information content (AvgIpc) is 2.35. The lowest BCUT2D eigenvalue weighted by atomic mass is 10.2. The van der Waals surface area contributed by atoms with E-state index < -0.39 is 16.4 Å². The molecule has 0 heterocycles. The molecule has 0 aromatic heterocycles. The van der Waals surface area contributed by atoms with Crippen molar-refractivity contribution in [3.05, 3.63) is 28.1 Å². The number of nitrogens with zero attached hydrogens (tertiary/aromatic N) is 1. The summed E-state index contributed by atoms with van der Waals surface area (Å²) in [6, 6.07) is 2.39. The Morgan fingerprint density at radius 2 is 2.11 bits per heavy atom. The van der Waals surface area contributed by atoms with Gasteiger partial charge in [-0.15, -0.1) is 0 Å². The van der Waals surface area contributed by atoms with E-state index in [9.17, 15) is 14.5 Å². The lowest BCUT2D eigenvalue weighted by Crippen LogP contribution is -2.03. The maximum atomic E-state index is 13.8. The molecule has 1 rings (SSSR count). The fourth-order valence-corrected chi connectivity index (χ4v) is 1.49. The molecule has 18 heavy (non-hydrogen) atoms. The van der Waals surface area contributed by atoms with E-state index in [0.29, 0.717) is 6.61 Å². The van der Waals surface area contributed by atoms with Crippen molar-refractivity contribution in [3.8, 4) is 11.5 Å². The SMILES string of the molecule is CCCCCOc1c(OC)ccc([N+](=O)[O-])c1F. The third-order valence-electron chi connectivity index (χ3n) is 2.45. The molecule has 0 N–H and O–H groups in total. The molecule has 0 saturated carbocycles. The number of methoxy groups -OCH3 is 1. The van der Waals surface area contributed by atoms with E-state index in [4.69, 9.17) is 9.47 Å². The van der Waals surface area contributed by atoms with Crippen molar-refractivity contribution in [3.63, 3.8) is 0 Å². The second-order valence-corrected chi connectivity index (χ2v) is 3.74. The van der Waals surface area contributed by atoms with Crippen molar-refractivity contribution in [2.75, 3.05) is 13.7 Å². The van der Waals surface area contributed by atoms with Crippen molar-refractivity contribution in [1.29, 1.82) is 0 Å². The number of hydrogen-bond acceptors (Lipinski definition) is 4. The first kappa shape index (κ1) is 14.2. The van der Waals surface area contributed by atoms with Crippen molar-refractivity contribution in [2.45, 2.75) is 26.2 Å². The van der Waals surface area contributed by atoms with Crippen LogP contribution in [0.4, 0.5) is 10.1 Å². The van der Waals surface area contributed by atoms with Gasteiger partial charge in [0.15, 0.2) is 5.75 Å². The minimum atomic E-state index is -0.990. The normalized spacial score (nSPS) is 10.2. The number of halogens is 1. The predicted octanol–water partition coefficient (Wildman–Crippen LogP) is 3.31. The third-order valence-corrected chi connectivity index (χ3v) is 2.45. The average molecular weight is 257 g/mol. The van der Waals surface area contributed by atoms with E-state index in [2.05, 4.69) is 0 Å². The number of nitro benzene ring substituents is 1. The number of benzene rings is 1. The lowest BCUT2D eigenvalue weighted by molar-refractivity contribution is -0.387. The fraction of sp³-hybridized carbons (Fsp3) is 0.500. The molecule has 0 aliphatic rings. The van der Waals surface area contributed by atoms with Crippen LogP contribution in [0.2, 0.25) is 0 Å². The van der Waals surface area contributed by atoms with Crippen LogP contribution in [0.1, 0.15) is 26.2 Å². The molecule has 6 heteroatoms. The summed E-state index contributed by atoms with van der Waals surface area (Å²) in [4.78, 5) is 9.84. The summed E-state index contributed by atoms with van der Waals surface area (Å²) in [7, 11) is 1.36. The first-order valence-electron chi connectivity index (χ1n) is 5.75. The fourth-order valence-electron chi connectivity index (χ4n) is 1.49. The Kier molecular flexibility index (Phi) is 5.35. The van der Waals surface area contributed by atoms with Crippen LogP contribution in [0.5, 0.6) is 11.5 Å². The highest BCUT2D eigenvalue weighted by Crippen LogP contribution is 2.35. The third kappa shape index (κ3) is 3.32. The first-order valence-corrected chi connectivity index (χ1v) is 5.75. The molecule has 0 atom stereocenters. The Morgan fingerprint density at radius 1 is 1.39 bits per heavy atom. The van der Waals surface area contributed by atoms with Crippen molar-refractivity contribution < 1.29 is 18.8 Å². The summed E-state index contributed by atoms with van der Waals surface area (Å²) in [6.07, 6.45) is 2.73. The molecular weight excluding hydrogens is 241 g/mol. The second kappa shape index (κ2) is 6.78. The molecular formula is C12H16FNO4. The molecule has 5 nitrogen and oxygen atoms in total. The standard InChI is InChI=1S/C12H16FNO4/c1-3-4-5-8-18-12-10(17-2)7-6-9(11(12)13)14(15)16/h6-7H,3-5,8H2,1-2H3. The molecule has 1 aromatic carbocycles. The molecule has 1 aromatic rings. The predicted molar refractivity (Wildman–Crippen MR) is 64.6 cm³/mol. The van der Waals surface area contributed by atoms with Crippen LogP contribution < -0.4 is 9.47 Å². The van der Waals surface area contributed by atoms with E-state index in [1.165, 1.54) is 13.2 Å². The van der Waals surface area contributed by atoms with Gasteiger partial charge in [0.1, 0.15) is 0 Å². The highest BCUT2D eigenvalue weighted by molar-refractivity contribution is 5.50. The second-order valence-electron chi connectivity index (χ2n) is 3.74. The van der Waals surface area contributed by atoms with Crippen molar-refractivity contribution in [2.24, 2.45) is 0 Å². The molecule has 100 valence electrons. The Hall–Kier alpha value is -1.85. The Morgan fingerprint density at radius 3 is 2.67 bits per heavy atom. The van der Waals surface area contributed by atoms with Crippen LogP contribution in [0.15, 0.2) is 12.1 Å². The van der Waals surface area contributed by atoms with Crippen LogP contribution in [-0.2, 0) is 0 Å². The number of rotatable bonds is 7. The number of unbranched alkanes of at least 4 members (excludes halogenated alkanes) is 2. The largest absolute Gasteiger partial charge is 0.493 e. The molecule has 0 unspecified atom stereocenters. The van der Waals surface area contributed by atoms with Gasteiger partial charge >= 0.3 is 5.69 Å².